The van der Waals surface area contributed by atoms with E-state index in [1.807, 2.05) is 6.92 Å². The second-order valence-electron chi connectivity index (χ2n) is 3.28. The highest BCUT2D eigenvalue weighted by Gasteiger charge is 2.29. The third-order valence-electron chi connectivity index (χ3n) is 1.66. The van der Waals surface area contributed by atoms with E-state index in [2.05, 4.69) is 0 Å². The zero-order valence-electron chi connectivity index (χ0n) is 9.46. The second-order valence-corrected chi connectivity index (χ2v) is 3.28. The first-order chi connectivity index (χ1) is 6.54. The van der Waals surface area contributed by atoms with Gasteiger partial charge in [-0.25, -0.2) is 4.79 Å². The normalized spacial score (nSPS) is 11.4. The Balaban J connectivity index is 3.76. The van der Waals surface area contributed by atoms with Crippen LogP contribution < -0.4 is 0 Å². The Morgan fingerprint density at radius 2 is 1.79 bits per heavy atom. The maximum absolute atomic E-state index is 11.3. The molecule has 0 aliphatic heterocycles. The van der Waals surface area contributed by atoms with Gasteiger partial charge in [-0.05, 0) is 27.7 Å². The van der Waals surface area contributed by atoms with Gasteiger partial charge >= 0.3 is 5.97 Å². The molecule has 14 heavy (non-hydrogen) atoms. The zero-order chi connectivity index (χ0) is 11.0. The topological polar surface area (TPSA) is 44.8 Å². The van der Waals surface area contributed by atoms with Crippen LogP contribution in [0.25, 0.3) is 0 Å². The fraction of sp³-hybridized carbons (Fsp3) is 0.900. The highest BCUT2D eigenvalue weighted by Crippen LogP contribution is 2.11. The monoisotopic (exact) mass is 204 g/mol. The summed E-state index contributed by atoms with van der Waals surface area (Å²) < 4.78 is 15.3. The first kappa shape index (κ1) is 13.4. The SMILES string of the molecule is CCOCCOC(C)(C)C(=O)OCC. The summed E-state index contributed by atoms with van der Waals surface area (Å²) >= 11 is 0. The summed E-state index contributed by atoms with van der Waals surface area (Å²) in [7, 11) is 0. The molecule has 4 nitrogen and oxygen atoms in total. The molecule has 0 rings (SSSR count). The maximum Gasteiger partial charge on any atom is 0.337 e. The Labute approximate surface area is 85.5 Å². The van der Waals surface area contributed by atoms with Crippen molar-refractivity contribution < 1.29 is 19.0 Å². The van der Waals surface area contributed by atoms with Gasteiger partial charge in [0.1, 0.15) is 0 Å². The zero-order valence-corrected chi connectivity index (χ0v) is 9.46. The standard InChI is InChI=1S/C10H20O4/c1-5-12-7-8-14-10(3,4)9(11)13-6-2/h5-8H2,1-4H3. The van der Waals surface area contributed by atoms with Crippen molar-refractivity contribution in [1.82, 2.24) is 0 Å². The summed E-state index contributed by atoms with van der Waals surface area (Å²) in [4.78, 5) is 11.3. The van der Waals surface area contributed by atoms with E-state index >= 15 is 0 Å². The highest BCUT2D eigenvalue weighted by atomic mass is 16.6. The van der Waals surface area contributed by atoms with E-state index < -0.39 is 5.60 Å². The van der Waals surface area contributed by atoms with Crippen LogP contribution in [0.3, 0.4) is 0 Å². The van der Waals surface area contributed by atoms with Gasteiger partial charge in [0.25, 0.3) is 0 Å². The number of hydrogen-bond acceptors (Lipinski definition) is 4. The lowest BCUT2D eigenvalue weighted by Crippen LogP contribution is -2.37. The van der Waals surface area contributed by atoms with Crippen LogP contribution in [-0.2, 0) is 19.0 Å². The van der Waals surface area contributed by atoms with Crippen molar-refractivity contribution in [2.75, 3.05) is 26.4 Å². The average Bonchev–Trinajstić information content (AvgIpc) is 2.13. The molecule has 84 valence electrons. The molecule has 4 heteroatoms. The minimum Gasteiger partial charge on any atom is -0.464 e. The number of esters is 1. The van der Waals surface area contributed by atoms with Crippen molar-refractivity contribution in [2.24, 2.45) is 0 Å². The van der Waals surface area contributed by atoms with Crippen LogP contribution in [0.2, 0.25) is 0 Å². The summed E-state index contributed by atoms with van der Waals surface area (Å²) in [5.41, 5.74) is -0.882. The molecule has 0 aromatic carbocycles. The molecular formula is C10H20O4. The molecule has 0 aliphatic carbocycles. The van der Waals surface area contributed by atoms with Gasteiger partial charge in [-0.3, -0.25) is 0 Å². The van der Waals surface area contributed by atoms with E-state index in [1.54, 1.807) is 20.8 Å². The van der Waals surface area contributed by atoms with Gasteiger partial charge < -0.3 is 14.2 Å². The smallest absolute Gasteiger partial charge is 0.337 e. The van der Waals surface area contributed by atoms with Crippen LogP contribution in [0.1, 0.15) is 27.7 Å². The molecule has 0 heterocycles. The molecule has 0 amide bonds. The van der Waals surface area contributed by atoms with Gasteiger partial charge in [0.15, 0.2) is 5.60 Å². The Hall–Kier alpha value is -0.610. The van der Waals surface area contributed by atoms with Gasteiger partial charge in [0.2, 0.25) is 0 Å². The third-order valence-corrected chi connectivity index (χ3v) is 1.66. The van der Waals surface area contributed by atoms with Crippen molar-refractivity contribution in [3.8, 4) is 0 Å². The Morgan fingerprint density at radius 1 is 1.14 bits per heavy atom. The number of carbonyl (C=O) groups is 1. The molecule has 0 aromatic rings. The quantitative estimate of drug-likeness (QED) is 0.464. The van der Waals surface area contributed by atoms with E-state index in [4.69, 9.17) is 14.2 Å². The summed E-state index contributed by atoms with van der Waals surface area (Å²) in [6.45, 7) is 9.00. The van der Waals surface area contributed by atoms with Gasteiger partial charge in [0, 0.05) is 6.61 Å². The highest BCUT2D eigenvalue weighted by molar-refractivity contribution is 5.78. The lowest BCUT2D eigenvalue weighted by Gasteiger charge is -2.22. The van der Waals surface area contributed by atoms with Gasteiger partial charge in [0.05, 0.1) is 19.8 Å². The van der Waals surface area contributed by atoms with Gasteiger partial charge in [-0.2, -0.15) is 0 Å². The molecular weight excluding hydrogens is 184 g/mol. The minimum atomic E-state index is -0.882. The lowest BCUT2D eigenvalue weighted by atomic mass is 10.1. The predicted octanol–water partition coefficient (Wildman–Crippen LogP) is 1.38. The van der Waals surface area contributed by atoms with E-state index in [-0.39, 0.29) is 5.97 Å². The molecule has 0 unspecified atom stereocenters. The van der Waals surface area contributed by atoms with E-state index in [9.17, 15) is 4.79 Å². The lowest BCUT2D eigenvalue weighted by molar-refractivity contribution is -0.169. The van der Waals surface area contributed by atoms with Crippen LogP contribution in [-0.4, -0.2) is 38.0 Å². The van der Waals surface area contributed by atoms with Crippen LogP contribution in [0, 0.1) is 0 Å². The first-order valence-electron chi connectivity index (χ1n) is 4.93. The molecule has 0 radical (unpaired) electrons. The second kappa shape index (κ2) is 6.79. The predicted molar refractivity (Wildman–Crippen MR) is 53.2 cm³/mol. The Bertz CT molecular complexity index is 166. The van der Waals surface area contributed by atoms with Crippen LogP contribution >= 0.6 is 0 Å². The Morgan fingerprint density at radius 3 is 2.29 bits per heavy atom. The molecule has 0 bridgehead atoms. The maximum atomic E-state index is 11.3. The van der Waals surface area contributed by atoms with Gasteiger partial charge in [-0.1, -0.05) is 0 Å². The molecule has 0 spiro atoms. The molecule has 0 atom stereocenters. The van der Waals surface area contributed by atoms with Crippen LogP contribution in [0.5, 0.6) is 0 Å². The summed E-state index contributed by atoms with van der Waals surface area (Å²) in [6, 6.07) is 0. The van der Waals surface area contributed by atoms with E-state index in [0.717, 1.165) is 0 Å². The molecule has 0 saturated carbocycles. The van der Waals surface area contributed by atoms with Crippen molar-refractivity contribution >= 4 is 5.97 Å². The Kier molecular flexibility index (Phi) is 6.49. The van der Waals surface area contributed by atoms with E-state index in [1.165, 1.54) is 0 Å². The van der Waals surface area contributed by atoms with Gasteiger partial charge in [-0.15, -0.1) is 0 Å². The van der Waals surface area contributed by atoms with Crippen molar-refractivity contribution in [3.63, 3.8) is 0 Å². The largest absolute Gasteiger partial charge is 0.464 e. The molecule has 0 N–H and O–H groups in total. The number of hydrogen-bond donors (Lipinski definition) is 0. The first-order valence-corrected chi connectivity index (χ1v) is 4.93. The summed E-state index contributed by atoms with van der Waals surface area (Å²) in [5, 5.41) is 0. The molecule has 0 fully saturated rings. The molecule has 0 aliphatic rings. The van der Waals surface area contributed by atoms with E-state index in [0.29, 0.717) is 26.4 Å². The van der Waals surface area contributed by atoms with Crippen LogP contribution in [0.4, 0.5) is 0 Å². The van der Waals surface area contributed by atoms with Crippen molar-refractivity contribution in [3.05, 3.63) is 0 Å². The minimum absolute atomic E-state index is 0.337. The molecule has 0 aromatic heterocycles. The third kappa shape index (κ3) is 5.19. The van der Waals surface area contributed by atoms with Crippen LogP contribution in [0.15, 0.2) is 0 Å². The summed E-state index contributed by atoms with van der Waals surface area (Å²) in [6.07, 6.45) is 0. The van der Waals surface area contributed by atoms with Crippen molar-refractivity contribution in [1.29, 1.82) is 0 Å². The summed E-state index contributed by atoms with van der Waals surface area (Å²) in [5.74, 6) is -0.337. The number of carbonyl (C=O) groups excluding carboxylic acids is 1. The average molecular weight is 204 g/mol. The molecule has 0 saturated heterocycles. The fourth-order valence-electron chi connectivity index (χ4n) is 0.864. The number of ether oxygens (including phenoxy) is 3. The number of rotatable bonds is 7. The fourth-order valence-corrected chi connectivity index (χ4v) is 0.864. The van der Waals surface area contributed by atoms with Crippen molar-refractivity contribution in [2.45, 2.75) is 33.3 Å².